The number of thioether (sulfide) groups is 1. The van der Waals surface area contributed by atoms with Crippen LogP contribution in [0, 0.1) is 12.8 Å². The maximum Gasteiger partial charge on any atom is 0.251 e. The van der Waals surface area contributed by atoms with E-state index in [1.165, 1.54) is 17.8 Å². The minimum absolute atomic E-state index is 0.114. The minimum atomic E-state index is -0.114. The van der Waals surface area contributed by atoms with Crippen molar-refractivity contribution in [2.45, 2.75) is 37.8 Å². The number of H-pyrrole nitrogens is 1. The fourth-order valence-electron chi connectivity index (χ4n) is 2.11. The molecule has 0 saturated heterocycles. The van der Waals surface area contributed by atoms with E-state index in [0.29, 0.717) is 10.9 Å². The minimum Gasteiger partial charge on any atom is -0.301 e. The van der Waals surface area contributed by atoms with Crippen LogP contribution in [0.4, 0.5) is 0 Å². The maximum absolute atomic E-state index is 11.4. The predicted molar refractivity (Wildman–Crippen MR) is 67.3 cm³/mol. The number of carbonyl (C=O) groups is 1. The van der Waals surface area contributed by atoms with Crippen molar-refractivity contribution in [1.82, 2.24) is 9.97 Å². The third-order valence-corrected chi connectivity index (χ3v) is 3.89. The van der Waals surface area contributed by atoms with Gasteiger partial charge in [-0.1, -0.05) is 11.8 Å². The molecule has 17 heavy (non-hydrogen) atoms. The van der Waals surface area contributed by atoms with Crippen molar-refractivity contribution < 1.29 is 4.79 Å². The van der Waals surface area contributed by atoms with Gasteiger partial charge in [0.2, 0.25) is 0 Å². The number of hydrogen-bond donors (Lipinski definition) is 1. The van der Waals surface area contributed by atoms with Gasteiger partial charge in [0.05, 0.1) is 0 Å². The maximum atomic E-state index is 11.4. The molecule has 1 unspecified atom stereocenters. The normalized spacial score (nSPS) is 19.8. The van der Waals surface area contributed by atoms with E-state index >= 15 is 0 Å². The van der Waals surface area contributed by atoms with Crippen LogP contribution >= 0.6 is 11.8 Å². The van der Waals surface area contributed by atoms with Crippen LogP contribution in [-0.2, 0) is 4.79 Å². The number of hydrogen-bond acceptors (Lipinski definition) is 4. The summed E-state index contributed by atoms with van der Waals surface area (Å²) in [6.45, 7) is 1.81. The second-order valence-electron chi connectivity index (χ2n) is 4.38. The lowest BCUT2D eigenvalue weighted by molar-refractivity contribution is -0.120. The van der Waals surface area contributed by atoms with Gasteiger partial charge in [0.25, 0.3) is 5.56 Å². The zero-order valence-electron chi connectivity index (χ0n) is 9.86. The van der Waals surface area contributed by atoms with Gasteiger partial charge in [-0.15, -0.1) is 0 Å². The van der Waals surface area contributed by atoms with Crippen LogP contribution in [-0.4, -0.2) is 21.5 Å². The average Bonchev–Trinajstić information content (AvgIpc) is 2.63. The zero-order valence-corrected chi connectivity index (χ0v) is 10.7. The van der Waals surface area contributed by atoms with Crippen LogP contribution in [0.1, 0.15) is 31.4 Å². The Hall–Kier alpha value is -1.10. The van der Waals surface area contributed by atoms with Gasteiger partial charge in [0.1, 0.15) is 5.78 Å². The van der Waals surface area contributed by atoms with E-state index in [1.54, 1.807) is 6.92 Å². The Labute approximate surface area is 104 Å². The molecule has 4 nitrogen and oxygen atoms in total. The van der Waals surface area contributed by atoms with Gasteiger partial charge in [-0.2, -0.15) is 0 Å². The van der Waals surface area contributed by atoms with E-state index in [4.69, 9.17) is 0 Å². The molecule has 1 aromatic rings. The molecule has 1 aliphatic rings. The summed E-state index contributed by atoms with van der Waals surface area (Å²) in [6, 6.07) is 1.48. The second-order valence-corrected chi connectivity index (χ2v) is 5.47. The molecular formula is C12H16N2O2S. The molecule has 92 valence electrons. The van der Waals surface area contributed by atoms with Crippen LogP contribution in [0.3, 0.4) is 0 Å². The van der Waals surface area contributed by atoms with E-state index in [1.807, 2.05) is 0 Å². The highest BCUT2D eigenvalue weighted by Crippen LogP contribution is 2.26. The van der Waals surface area contributed by atoms with Crippen molar-refractivity contribution in [3.63, 3.8) is 0 Å². The lowest BCUT2D eigenvalue weighted by Gasteiger charge is -2.06. The number of Topliss-reactive ketones (excluding diaryl/α,β-unsaturated/α-hetero) is 1. The summed E-state index contributed by atoms with van der Waals surface area (Å²) in [5.74, 6) is 1.47. The molecule has 2 rings (SSSR count). The monoisotopic (exact) mass is 252 g/mol. The van der Waals surface area contributed by atoms with Crippen LogP contribution < -0.4 is 5.56 Å². The number of carbonyl (C=O) groups excluding carboxylic acids is 1. The Morgan fingerprint density at radius 2 is 2.35 bits per heavy atom. The van der Waals surface area contributed by atoms with Crippen LogP contribution in [0.5, 0.6) is 0 Å². The van der Waals surface area contributed by atoms with Crippen molar-refractivity contribution in [2.24, 2.45) is 5.92 Å². The fraction of sp³-hybridized carbons (Fsp3) is 0.583. The zero-order chi connectivity index (χ0) is 12.3. The van der Waals surface area contributed by atoms with Gasteiger partial charge >= 0.3 is 0 Å². The average molecular weight is 252 g/mol. The van der Waals surface area contributed by atoms with Gasteiger partial charge in [-0.25, -0.2) is 4.98 Å². The van der Waals surface area contributed by atoms with Crippen molar-refractivity contribution >= 4 is 17.5 Å². The number of nitrogens with one attached hydrogen (secondary N) is 1. The van der Waals surface area contributed by atoms with Gasteiger partial charge < -0.3 is 4.98 Å². The largest absolute Gasteiger partial charge is 0.301 e. The molecule has 0 aliphatic heterocycles. The van der Waals surface area contributed by atoms with Gasteiger partial charge in [0, 0.05) is 29.9 Å². The van der Waals surface area contributed by atoms with Crippen LogP contribution in [0.15, 0.2) is 16.0 Å². The molecule has 0 spiro atoms. The number of aromatic nitrogens is 2. The molecule has 1 saturated carbocycles. The number of ketones is 1. The Morgan fingerprint density at radius 1 is 1.53 bits per heavy atom. The summed E-state index contributed by atoms with van der Waals surface area (Å²) in [6.07, 6.45) is 3.70. The van der Waals surface area contributed by atoms with Crippen LogP contribution in [0.2, 0.25) is 0 Å². The van der Waals surface area contributed by atoms with Gasteiger partial charge in [0.15, 0.2) is 5.16 Å². The highest BCUT2D eigenvalue weighted by Gasteiger charge is 2.23. The Kier molecular flexibility index (Phi) is 3.99. The third-order valence-electron chi connectivity index (χ3n) is 2.98. The molecule has 1 aromatic heterocycles. The summed E-state index contributed by atoms with van der Waals surface area (Å²) in [4.78, 5) is 29.6. The predicted octanol–water partition coefficient (Wildman–Crippen LogP) is 1.93. The molecule has 0 aromatic carbocycles. The lowest BCUT2D eigenvalue weighted by atomic mass is 10.1. The first-order valence-corrected chi connectivity index (χ1v) is 6.87. The van der Waals surface area contributed by atoms with E-state index < -0.39 is 0 Å². The smallest absolute Gasteiger partial charge is 0.251 e. The number of aromatic amines is 1. The number of aryl methyl sites for hydroxylation is 1. The van der Waals surface area contributed by atoms with Gasteiger partial charge in [-0.05, 0) is 26.2 Å². The third kappa shape index (κ3) is 3.43. The summed E-state index contributed by atoms with van der Waals surface area (Å²) < 4.78 is 0. The summed E-state index contributed by atoms with van der Waals surface area (Å²) in [5.41, 5.74) is 0.616. The SMILES string of the molecule is Cc1cc(=O)[nH]c(SCCC2CCCC2=O)n1. The van der Waals surface area contributed by atoms with Crippen molar-refractivity contribution in [2.75, 3.05) is 5.75 Å². The fourth-order valence-corrected chi connectivity index (χ4v) is 3.09. The highest BCUT2D eigenvalue weighted by molar-refractivity contribution is 7.99. The van der Waals surface area contributed by atoms with E-state index in [0.717, 1.165) is 37.1 Å². The van der Waals surface area contributed by atoms with E-state index in [9.17, 15) is 9.59 Å². The van der Waals surface area contributed by atoms with Gasteiger partial charge in [-0.3, -0.25) is 9.59 Å². The molecule has 1 atom stereocenters. The molecule has 1 fully saturated rings. The summed E-state index contributed by atoms with van der Waals surface area (Å²) in [7, 11) is 0. The number of rotatable bonds is 4. The standard InChI is InChI=1S/C12H16N2O2S/c1-8-7-11(16)14-12(13-8)17-6-5-9-3-2-4-10(9)15/h7,9H,2-6H2,1H3,(H,13,14,16). The first-order chi connectivity index (χ1) is 8.15. The Morgan fingerprint density at radius 3 is 3.00 bits per heavy atom. The van der Waals surface area contributed by atoms with Crippen molar-refractivity contribution in [1.29, 1.82) is 0 Å². The summed E-state index contributed by atoms with van der Waals surface area (Å²) in [5, 5.41) is 0.653. The van der Waals surface area contributed by atoms with E-state index in [2.05, 4.69) is 9.97 Å². The highest BCUT2D eigenvalue weighted by atomic mass is 32.2. The topological polar surface area (TPSA) is 62.8 Å². The molecule has 1 N–H and O–H groups in total. The Balaban J connectivity index is 1.85. The lowest BCUT2D eigenvalue weighted by Crippen LogP contribution is -2.10. The van der Waals surface area contributed by atoms with Crippen LogP contribution in [0.25, 0.3) is 0 Å². The molecule has 1 aliphatic carbocycles. The molecule has 0 bridgehead atoms. The first-order valence-electron chi connectivity index (χ1n) is 5.88. The second kappa shape index (κ2) is 5.49. The molecule has 5 heteroatoms. The Bertz CT molecular complexity index is 470. The summed E-state index contributed by atoms with van der Waals surface area (Å²) >= 11 is 1.52. The first kappa shape index (κ1) is 12.4. The molecular weight excluding hydrogens is 236 g/mol. The van der Waals surface area contributed by atoms with Crippen molar-refractivity contribution in [3.8, 4) is 0 Å². The van der Waals surface area contributed by atoms with Crippen molar-refractivity contribution in [3.05, 3.63) is 22.1 Å². The quantitative estimate of drug-likeness (QED) is 0.657. The van der Waals surface area contributed by atoms with E-state index in [-0.39, 0.29) is 11.5 Å². The molecule has 0 radical (unpaired) electrons. The molecule has 0 amide bonds. The number of nitrogens with zero attached hydrogens (tertiary/aromatic N) is 1. The molecule has 1 heterocycles.